The number of hydrogen-bond acceptors (Lipinski definition) is 5. The van der Waals surface area contributed by atoms with Gasteiger partial charge in [0.2, 0.25) is 11.8 Å². The Kier molecular flexibility index (Phi) is 5.93. The third-order valence-electron chi connectivity index (χ3n) is 4.06. The van der Waals surface area contributed by atoms with Crippen molar-refractivity contribution in [2.75, 3.05) is 0 Å². The van der Waals surface area contributed by atoms with E-state index in [1.807, 2.05) is 0 Å². The molecule has 0 amide bonds. The van der Waals surface area contributed by atoms with Crippen LogP contribution in [0, 0.1) is 0 Å². The Morgan fingerprint density at radius 2 is 1.00 bits per heavy atom. The normalized spacial score (nSPS) is 10.5. The molecule has 0 aliphatic carbocycles. The second kappa shape index (κ2) is 8.95. The lowest BCUT2D eigenvalue weighted by molar-refractivity contribution is 0.103. The lowest BCUT2D eigenvalue weighted by atomic mass is 10.0. The van der Waals surface area contributed by atoms with Crippen LogP contribution in [0.4, 0.5) is 0 Å². The fourth-order valence-corrected chi connectivity index (χ4v) is 2.96. The average Bonchev–Trinajstić information content (AvgIpc) is 2.74. The molecule has 5 nitrogen and oxygen atoms in total. The summed E-state index contributed by atoms with van der Waals surface area (Å²) in [5, 5.41) is 0.690. The first kappa shape index (κ1) is 19.9. The van der Waals surface area contributed by atoms with Crippen LogP contribution in [-0.4, -0.2) is 15.8 Å². The fourth-order valence-electron chi connectivity index (χ4n) is 2.65. The number of carbonyl (C=O) groups is 1. The molecule has 0 saturated carbocycles. The predicted molar refractivity (Wildman–Crippen MR) is 115 cm³/mol. The number of rotatable bonds is 6. The first-order chi connectivity index (χ1) is 14.6. The number of nitrogens with zero attached hydrogens (tertiary/aromatic N) is 2. The Balaban J connectivity index is 1.43. The molecule has 7 heteroatoms. The average molecular weight is 437 g/mol. The Hall–Kier alpha value is -3.41. The van der Waals surface area contributed by atoms with Crippen LogP contribution < -0.4 is 9.47 Å². The molecular formula is C23H14Cl2N2O3. The van der Waals surface area contributed by atoms with Crippen molar-refractivity contribution in [3.8, 4) is 23.3 Å². The van der Waals surface area contributed by atoms with Crippen molar-refractivity contribution in [3.05, 3.63) is 106 Å². The number of ketones is 1. The maximum Gasteiger partial charge on any atom is 0.220 e. The molecule has 4 rings (SSSR count). The molecule has 30 heavy (non-hydrogen) atoms. The molecule has 0 fully saturated rings. The first-order valence-electron chi connectivity index (χ1n) is 8.92. The van der Waals surface area contributed by atoms with Gasteiger partial charge in [-0.3, -0.25) is 4.79 Å². The molecule has 2 aromatic heterocycles. The van der Waals surface area contributed by atoms with Gasteiger partial charge in [-0.15, -0.1) is 0 Å². The van der Waals surface area contributed by atoms with E-state index in [0.717, 1.165) is 0 Å². The van der Waals surface area contributed by atoms with Crippen molar-refractivity contribution in [2.45, 2.75) is 0 Å². The van der Waals surface area contributed by atoms with Crippen LogP contribution in [0.15, 0.2) is 84.9 Å². The number of carbonyl (C=O) groups excluding carboxylic acids is 1. The smallest absolute Gasteiger partial charge is 0.220 e. The van der Waals surface area contributed by atoms with Crippen LogP contribution in [0.3, 0.4) is 0 Å². The zero-order valence-electron chi connectivity index (χ0n) is 15.5. The molecular weight excluding hydrogens is 423 g/mol. The highest BCUT2D eigenvalue weighted by Gasteiger charge is 2.10. The Morgan fingerprint density at radius 1 is 0.600 bits per heavy atom. The highest BCUT2D eigenvalue weighted by Crippen LogP contribution is 2.24. The quantitative estimate of drug-likeness (QED) is 0.251. The van der Waals surface area contributed by atoms with Gasteiger partial charge in [-0.05, 0) is 60.7 Å². The van der Waals surface area contributed by atoms with E-state index in [2.05, 4.69) is 9.97 Å². The molecule has 0 N–H and O–H groups in total. The minimum Gasteiger partial charge on any atom is -0.439 e. The van der Waals surface area contributed by atoms with E-state index in [1.165, 1.54) is 0 Å². The standard InChI is InChI=1S/C23H14Cl2N2O3/c24-19-3-1-5-21(26-19)29-17-11-7-15(8-12-17)23(28)16-9-13-18(14-10-16)30-22-6-2-4-20(25)27-22/h1-14H. The zero-order chi connectivity index (χ0) is 20.9. The molecule has 0 unspecified atom stereocenters. The fraction of sp³-hybridized carbons (Fsp3) is 0. The largest absolute Gasteiger partial charge is 0.439 e. The SMILES string of the molecule is O=C(c1ccc(Oc2cccc(Cl)n2)cc1)c1ccc(Oc2cccc(Cl)n2)cc1. The van der Waals surface area contributed by atoms with Crippen molar-refractivity contribution in [1.29, 1.82) is 0 Å². The van der Waals surface area contributed by atoms with Crippen molar-refractivity contribution >= 4 is 29.0 Å². The van der Waals surface area contributed by atoms with Gasteiger partial charge in [0.15, 0.2) is 5.78 Å². The monoisotopic (exact) mass is 436 g/mol. The summed E-state index contributed by atoms with van der Waals surface area (Å²) in [6, 6.07) is 23.8. The van der Waals surface area contributed by atoms with E-state index in [9.17, 15) is 4.79 Å². The van der Waals surface area contributed by atoms with E-state index in [1.54, 1.807) is 84.9 Å². The number of ether oxygens (including phenoxy) is 2. The van der Waals surface area contributed by atoms with Crippen LogP contribution in [0.5, 0.6) is 23.3 Å². The Morgan fingerprint density at radius 3 is 1.37 bits per heavy atom. The maximum absolute atomic E-state index is 12.7. The van der Waals surface area contributed by atoms with Gasteiger partial charge in [0.1, 0.15) is 21.8 Å². The summed E-state index contributed by atoms with van der Waals surface area (Å²) in [7, 11) is 0. The summed E-state index contributed by atoms with van der Waals surface area (Å²) in [6.07, 6.45) is 0. The Bertz CT molecular complexity index is 1090. The van der Waals surface area contributed by atoms with Crippen LogP contribution in [0.1, 0.15) is 15.9 Å². The zero-order valence-corrected chi connectivity index (χ0v) is 17.0. The van der Waals surface area contributed by atoms with Gasteiger partial charge in [0.05, 0.1) is 0 Å². The van der Waals surface area contributed by atoms with Crippen LogP contribution in [-0.2, 0) is 0 Å². The molecule has 0 spiro atoms. The summed E-state index contributed by atoms with van der Waals surface area (Å²) in [4.78, 5) is 20.9. The summed E-state index contributed by atoms with van der Waals surface area (Å²) in [5.74, 6) is 1.76. The molecule has 0 saturated heterocycles. The van der Waals surface area contributed by atoms with E-state index < -0.39 is 0 Å². The van der Waals surface area contributed by atoms with Crippen molar-refractivity contribution < 1.29 is 14.3 Å². The second-order valence-electron chi connectivity index (χ2n) is 6.18. The molecule has 2 heterocycles. The maximum atomic E-state index is 12.7. The first-order valence-corrected chi connectivity index (χ1v) is 9.68. The van der Waals surface area contributed by atoms with E-state index >= 15 is 0 Å². The molecule has 2 aromatic carbocycles. The van der Waals surface area contributed by atoms with Crippen molar-refractivity contribution in [2.24, 2.45) is 0 Å². The highest BCUT2D eigenvalue weighted by atomic mass is 35.5. The van der Waals surface area contributed by atoms with Crippen molar-refractivity contribution in [1.82, 2.24) is 9.97 Å². The van der Waals surface area contributed by atoms with E-state index in [4.69, 9.17) is 32.7 Å². The van der Waals surface area contributed by atoms with Crippen LogP contribution in [0.25, 0.3) is 0 Å². The summed E-state index contributed by atoms with van der Waals surface area (Å²) >= 11 is 11.7. The molecule has 0 radical (unpaired) electrons. The molecule has 0 atom stereocenters. The number of hydrogen-bond donors (Lipinski definition) is 0. The molecule has 0 aliphatic heterocycles. The van der Waals surface area contributed by atoms with E-state index in [0.29, 0.717) is 44.7 Å². The number of aromatic nitrogens is 2. The summed E-state index contributed by atoms with van der Waals surface area (Å²) in [5.41, 5.74) is 1.07. The molecule has 148 valence electrons. The van der Waals surface area contributed by atoms with Gasteiger partial charge in [-0.1, -0.05) is 35.3 Å². The number of halogens is 2. The third kappa shape index (κ3) is 4.95. The van der Waals surface area contributed by atoms with Gasteiger partial charge in [-0.25, -0.2) is 9.97 Å². The van der Waals surface area contributed by atoms with E-state index in [-0.39, 0.29) is 5.78 Å². The summed E-state index contributed by atoms with van der Waals surface area (Å²) in [6.45, 7) is 0. The topological polar surface area (TPSA) is 61.3 Å². The van der Waals surface area contributed by atoms with Crippen LogP contribution >= 0.6 is 23.2 Å². The Labute approximate surface area is 182 Å². The van der Waals surface area contributed by atoms with Gasteiger partial charge in [-0.2, -0.15) is 0 Å². The lowest BCUT2D eigenvalue weighted by Crippen LogP contribution is -2.01. The van der Waals surface area contributed by atoms with Crippen LogP contribution in [0.2, 0.25) is 10.3 Å². The number of benzene rings is 2. The molecule has 0 aliphatic rings. The molecule has 0 bridgehead atoms. The summed E-state index contributed by atoms with van der Waals surface area (Å²) < 4.78 is 11.3. The third-order valence-corrected chi connectivity index (χ3v) is 4.48. The second-order valence-corrected chi connectivity index (χ2v) is 6.95. The minimum atomic E-state index is -0.116. The van der Waals surface area contributed by atoms with Gasteiger partial charge in [0, 0.05) is 23.3 Å². The van der Waals surface area contributed by atoms with Gasteiger partial charge in [0.25, 0.3) is 0 Å². The lowest BCUT2D eigenvalue weighted by Gasteiger charge is -2.07. The van der Waals surface area contributed by atoms with Crippen molar-refractivity contribution in [3.63, 3.8) is 0 Å². The highest BCUT2D eigenvalue weighted by molar-refractivity contribution is 6.29. The van der Waals surface area contributed by atoms with Gasteiger partial charge >= 0.3 is 0 Å². The van der Waals surface area contributed by atoms with Gasteiger partial charge < -0.3 is 9.47 Å². The molecule has 4 aromatic rings. The minimum absolute atomic E-state index is 0.116. The number of pyridine rings is 2. The predicted octanol–water partition coefficient (Wildman–Crippen LogP) is 6.60.